The van der Waals surface area contributed by atoms with Crippen LogP contribution in [0.15, 0.2) is 29.3 Å². The van der Waals surface area contributed by atoms with Crippen molar-refractivity contribution >= 4 is 11.8 Å². The van der Waals surface area contributed by atoms with Crippen molar-refractivity contribution in [2.45, 2.75) is 24.6 Å². The zero-order chi connectivity index (χ0) is 14.7. The van der Waals surface area contributed by atoms with Crippen molar-refractivity contribution < 1.29 is 8.78 Å². The smallest absolute Gasteiger partial charge is 0.130 e. The van der Waals surface area contributed by atoms with Crippen LogP contribution in [0.4, 0.5) is 8.78 Å². The van der Waals surface area contributed by atoms with Gasteiger partial charge >= 0.3 is 0 Å². The molecule has 2 aromatic rings. The molecule has 2 nitrogen and oxygen atoms in total. The van der Waals surface area contributed by atoms with Crippen LogP contribution >= 0.6 is 11.8 Å². The van der Waals surface area contributed by atoms with Gasteiger partial charge in [0.05, 0.1) is 5.56 Å². The van der Waals surface area contributed by atoms with Gasteiger partial charge in [-0.3, -0.25) is 0 Å². The topological polar surface area (TPSA) is 36.7 Å². The van der Waals surface area contributed by atoms with Crippen molar-refractivity contribution in [3.05, 3.63) is 58.3 Å². The highest BCUT2D eigenvalue weighted by Crippen LogP contribution is 2.28. The first-order valence-electron chi connectivity index (χ1n) is 5.97. The molecular weight excluding hydrogens is 278 g/mol. The molecule has 0 atom stereocenters. The van der Waals surface area contributed by atoms with Crippen molar-refractivity contribution in [2.24, 2.45) is 0 Å². The van der Waals surface area contributed by atoms with E-state index < -0.39 is 11.6 Å². The van der Waals surface area contributed by atoms with E-state index in [2.05, 4.69) is 11.1 Å². The van der Waals surface area contributed by atoms with Crippen LogP contribution in [0.2, 0.25) is 0 Å². The lowest BCUT2D eigenvalue weighted by Crippen LogP contribution is -1.97. The molecule has 0 spiro atoms. The standard InChI is InChI=1S/C15H12F2N2S/c1-9-6-10(2)19-15(11(9)7-18)20-8-12-13(16)4-3-5-14(12)17/h3-6H,8H2,1-2H3. The molecular formula is C15H12F2N2S. The van der Waals surface area contributed by atoms with E-state index in [1.54, 1.807) is 0 Å². The summed E-state index contributed by atoms with van der Waals surface area (Å²) in [5.74, 6) is -1.07. The molecule has 0 saturated heterocycles. The number of aromatic nitrogens is 1. The van der Waals surface area contributed by atoms with E-state index in [1.165, 1.54) is 30.0 Å². The Kier molecular flexibility index (Phi) is 4.35. The normalized spacial score (nSPS) is 10.3. The van der Waals surface area contributed by atoms with E-state index >= 15 is 0 Å². The maximum Gasteiger partial charge on any atom is 0.130 e. The summed E-state index contributed by atoms with van der Waals surface area (Å²) in [7, 11) is 0. The average Bonchev–Trinajstić information content (AvgIpc) is 2.37. The number of nitrogens with zero attached hydrogens (tertiary/aromatic N) is 2. The summed E-state index contributed by atoms with van der Waals surface area (Å²) in [5.41, 5.74) is 2.05. The Labute approximate surface area is 120 Å². The van der Waals surface area contributed by atoms with Gasteiger partial charge in [0.2, 0.25) is 0 Å². The lowest BCUT2D eigenvalue weighted by molar-refractivity contribution is 0.566. The number of rotatable bonds is 3. The van der Waals surface area contributed by atoms with Crippen LogP contribution in [0.25, 0.3) is 0 Å². The summed E-state index contributed by atoms with van der Waals surface area (Å²) < 4.78 is 27.1. The number of thioether (sulfide) groups is 1. The second kappa shape index (κ2) is 6.02. The van der Waals surface area contributed by atoms with Crippen molar-refractivity contribution in [3.63, 3.8) is 0 Å². The number of halogens is 2. The van der Waals surface area contributed by atoms with Gasteiger partial charge in [-0.25, -0.2) is 13.8 Å². The first kappa shape index (κ1) is 14.5. The van der Waals surface area contributed by atoms with E-state index in [4.69, 9.17) is 5.26 Å². The van der Waals surface area contributed by atoms with Gasteiger partial charge in [0.15, 0.2) is 0 Å². The van der Waals surface area contributed by atoms with Crippen molar-refractivity contribution in [2.75, 3.05) is 0 Å². The fourth-order valence-electron chi connectivity index (χ4n) is 1.85. The minimum absolute atomic E-state index is 0.00217. The number of hydrogen-bond acceptors (Lipinski definition) is 3. The lowest BCUT2D eigenvalue weighted by Gasteiger charge is -2.08. The Balaban J connectivity index is 2.30. The summed E-state index contributed by atoms with van der Waals surface area (Å²) >= 11 is 1.17. The molecule has 0 amide bonds. The molecule has 0 aliphatic carbocycles. The van der Waals surface area contributed by atoms with Crippen molar-refractivity contribution in [1.29, 1.82) is 5.26 Å². The van der Waals surface area contributed by atoms with Crippen LogP contribution in [0.1, 0.15) is 22.4 Å². The van der Waals surface area contributed by atoms with E-state index in [-0.39, 0.29) is 11.3 Å². The van der Waals surface area contributed by atoms with Crippen LogP contribution < -0.4 is 0 Å². The van der Waals surface area contributed by atoms with Gasteiger partial charge in [-0.05, 0) is 37.6 Å². The minimum atomic E-state index is -0.583. The maximum absolute atomic E-state index is 13.6. The first-order chi connectivity index (χ1) is 9.52. The van der Waals surface area contributed by atoms with Gasteiger partial charge in [0, 0.05) is 17.0 Å². The summed E-state index contributed by atoms with van der Waals surface area (Å²) in [6.07, 6.45) is 0. The zero-order valence-corrected chi connectivity index (χ0v) is 11.9. The van der Waals surface area contributed by atoms with E-state index in [0.717, 1.165) is 11.3 Å². The third-order valence-corrected chi connectivity index (χ3v) is 3.84. The van der Waals surface area contributed by atoms with Crippen molar-refractivity contribution in [3.8, 4) is 6.07 Å². The van der Waals surface area contributed by atoms with Gasteiger partial charge in [-0.2, -0.15) is 5.26 Å². The Morgan fingerprint density at radius 1 is 1.25 bits per heavy atom. The van der Waals surface area contributed by atoms with E-state index in [0.29, 0.717) is 10.6 Å². The second-order valence-electron chi connectivity index (χ2n) is 4.36. The Morgan fingerprint density at radius 3 is 2.50 bits per heavy atom. The number of benzene rings is 1. The molecule has 1 aromatic heterocycles. The molecule has 0 fully saturated rings. The fraction of sp³-hybridized carbons (Fsp3) is 0.200. The second-order valence-corrected chi connectivity index (χ2v) is 5.33. The average molecular weight is 290 g/mol. The first-order valence-corrected chi connectivity index (χ1v) is 6.95. The van der Waals surface area contributed by atoms with Gasteiger partial charge in [0.25, 0.3) is 0 Å². The fourth-order valence-corrected chi connectivity index (χ4v) is 2.97. The third kappa shape index (κ3) is 2.97. The van der Waals surface area contributed by atoms with Crippen LogP contribution in [-0.2, 0) is 5.75 Å². The quantitative estimate of drug-likeness (QED) is 0.797. The summed E-state index contributed by atoms with van der Waals surface area (Å²) in [6.45, 7) is 3.64. The molecule has 20 heavy (non-hydrogen) atoms. The summed E-state index contributed by atoms with van der Waals surface area (Å²) in [4.78, 5) is 4.27. The highest BCUT2D eigenvalue weighted by atomic mass is 32.2. The molecule has 102 valence electrons. The predicted molar refractivity (Wildman–Crippen MR) is 74.3 cm³/mol. The summed E-state index contributed by atoms with van der Waals surface area (Å²) in [5, 5.41) is 9.65. The number of aryl methyl sites for hydroxylation is 2. The van der Waals surface area contributed by atoms with E-state index in [1.807, 2.05) is 19.9 Å². The maximum atomic E-state index is 13.6. The SMILES string of the molecule is Cc1cc(C)c(C#N)c(SCc2c(F)cccc2F)n1. The molecule has 0 unspecified atom stereocenters. The minimum Gasteiger partial charge on any atom is -0.245 e. The molecule has 0 aliphatic rings. The molecule has 0 bridgehead atoms. The largest absolute Gasteiger partial charge is 0.245 e. The van der Waals surface area contributed by atoms with Crippen LogP contribution in [0, 0.1) is 36.8 Å². The van der Waals surface area contributed by atoms with Gasteiger partial charge in [0.1, 0.15) is 22.7 Å². The molecule has 0 N–H and O–H groups in total. The Morgan fingerprint density at radius 2 is 1.90 bits per heavy atom. The number of hydrogen-bond donors (Lipinski definition) is 0. The van der Waals surface area contributed by atoms with Crippen molar-refractivity contribution in [1.82, 2.24) is 4.98 Å². The highest BCUT2D eigenvalue weighted by Gasteiger charge is 2.13. The van der Waals surface area contributed by atoms with E-state index in [9.17, 15) is 8.78 Å². The molecule has 0 saturated carbocycles. The molecule has 2 rings (SSSR count). The van der Waals surface area contributed by atoms with Crippen LogP contribution in [0.3, 0.4) is 0 Å². The Hall–Kier alpha value is -1.93. The van der Waals surface area contributed by atoms with Crippen LogP contribution in [-0.4, -0.2) is 4.98 Å². The number of pyridine rings is 1. The predicted octanol–water partition coefficient (Wildman–Crippen LogP) is 4.14. The molecule has 5 heteroatoms. The lowest BCUT2D eigenvalue weighted by atomic mass is 10.1. The van der Waals surface area contributed by atoms with Gasteiger partial charge in [-0.1, -0.05) is 6.07 Å². The summed E-state index contributed by atoms with van der Waals surface area (Å²) in [6, 6.07) is 7.67. The monoisotopic (exact) mass is 290 g/mol. The molecule has 1 aromatic carbocycles. The van der Waals surface area contributed by atoms with Crippen LogP contribution in [0.5, 0.6) is 0 Å². The number of nitriles is 1. The molecule has 1 heterocycles. The Bertz CT molecular complexity index is 673. The molecule has 0 radical (unpaired) electrons. The van der Waals surface area contributed by atoms with Gasteiger partial charge in [-0.15, -0.1) is 11.8 Å². The van der Waals surface area contributed by atoms with Gasteiger partial charge < -0.3 is 0 Å². The third-order valence-electron chi connectivity index (χ3n) is 2.84. The molecule has 0 aliphatic heterocycles. The highest BCUT2D eigenvalue weighted by molar-refractivity contribution is 7.98. The zero-order valence-electron chi connectivity index (χ0n) is 11.1.